The summed E-state index contributed by atoms with van der Waals surface area (Å²) in [5.74, 6) is -0.577. The number of allylic oxidation sites excluding steroid dienone is 1. The molecule has 2 unspecified atom stereocenters. The quantitative estimate of drug-likeness (QED) is 0.405. The maximum atomic E-state index is 14.6. The molecule has 9 nitrogen and oxygen atoms in total. The zero-order valence-electron chi connectivity index (χ0n) is 20.1. The molecule has 36 heavy (non-hydrogen) atoms. The first kappa shape index (κ1) is 23.9. The topological polar surface area (TPSA) is 132 Å². The fourth-order valence-corrected chi connectivity index (χ4v) is 4.32. The van der Waals surface area contributed by atoms with Gasteiger partial charge in [-0.25, -0.2) is 9.82 Å². The third kappa shape index (κ3) is 5.23. The summed E-state index contributed by atoms with van der Waals surface area (Å²) in [6.45, 7) is 3.36. The van der Waals surface area contributed by atoms with Crippen molar-refractivity contribution in [3.63, 3.8) is 0 Å². The number of aromatic amines is 1. The van der Waals surface area contributed by atoms with Gasteiger partial charge in [0, 0.05) is 29.7 Å². The fourth-order valence-electron chi connectivity index (χ4n) is 4.32. The number of hydrogen-bond acceptors (Lipinski definition) is 6. The van der Waals surface area contributed by atoms with Crippen LogP contribution in [-0.2, 0) is 9.59 Å². The van der Waals surface area contributed by atoms with E-state index in [0.29, 0.717) is 29.4 Å². The van der Waals surface area contributed by atoms with Crippen molar-refractivity contribution in [2.75, 3.05) is 10.6 Å². The van der Waals surface area contributed by atoms with Gasteiger partial charge in [0.1, 0.15) is 17.7 Å². The summed E-state index contributed by atoms with van der Waals surface area (Å²) in [4.78, 5) is 25.2. The Hall–Kier alpha value is -3.79. The summed E-state index contributed by atoms with van der Waals surface area (Å²) in [7, 11) is 0. The molecule has 2 aliphatic carbocycles. The van der Waals surface area contributed by atoms with Gasteiger partial charge in [0.25, 0.3) is 5.91 Å². The molecule has 2 atom stereocenters. The molecule has 0 spiro atoms. The molecule has 1 saturated carbocycles. The Morgan fingerprint density at radius 1 is 1.25 bits per heavy atom. The van der Waals surface area contributed by atoms with Crippen molar-refractivity contribution in [2.24, 2.45) is 11.0 Å². The molecule has 2 amide bonds. The summed E-state index contributed by atoms with van der Waals surface area (Å²) in [5, 5.41) is 27.3. The van der Waals surface area contributed by atoms with Crippen molar-refractivity contribution < 1.29 is 19.1 Å². The average molecular weight is 493 g/mol. The molecule has 5 rings (SSSR count). The standard InChI is InChI=1S/C26H29FN6O3/c1-26(2,36)17-8-5-15(6-9-17)24(34)29-21-11-16(7-10-18(21)27)19-12-22(25(35)33-31-19)28-23-13-20(30-32-23)14-3-4-14/h5,7-11,13-15,22,36H,3-4,6,12H2,1-2H3,(H,29,34)(H,33,35)(H2,28,30,32). The molecule has 1 aromatic heterocycles. The SMILES string of the molecule is CC(C)(O)C1=CCC(C(=O)Nc2cc(C3=NNC(=O)C(Nc4cc(C5CC5)[nH]n4)C3)ccc2F)C=C1. The van der Waals surface area contributed by atoms with Crippen molar-refractivity contribution in [2.45, 2.75) is 57.1 Å². The lowest BCUT2D eigenvalue weighted by molar-refractivity contribution is -0.122. The van der Waals surface area contributed by atoms with E-state index >= 15 is 0 Å². The number of carbonyl (C=O) groups is 2. The lowest BCUT2D eigenvalue weighted by Crippen LogP contribution is -2.43. The van der Waals surface area contributed by atoms with E-state index in [9.17, 15) is 19.1 Å². The highest BCUT2D eigenvalue weighted by Crippen LogP contribution is 2.39. The van der Waals surface area contributed by atoms with E-state index in [1.807, 2.05) is 12.1 Å². The van der Waals surface area contributed by atoms with Gasteiger partial charge in [-0.05, 0) is 50.8 Å². The Labute approximate surface area is 207 Å². The molecule has 2 aromatic rings. The molecule has 5 N–H and O–H groups in total. The number of rotatable bonds is 7. The second kappa shape index (κ2) is 9.34. The Morgan fingerprint density at radius 2 is 2.06 bits per heavy atom. The summed E-state index contributed by atoms with van der Waals surface area (Å²) < 4.78 is 14.6. The van der Waals surface area contributed by atoms with E-state index in [-0.39, 0.29) is 23.9 Å². The van der Waals surface area contributed by atoms with Crippen molar-refractivity contribution >= 4 is 29.0 Å². The zero-order valence-corrected chi connectivity index (χ0v) is 20.1. The Balaban J connectivity index is 1.26. The Kier molecular flexibility index (Phi) is 6.21. The lowest BCUT2D eigenvalue weighted by Gasteiger charge is -2.24. The normalized spacial score (nSPS) is 21.9. The number of aromatic nitrogens is 2. The van der Waals surface area contributed by atoms with Crippen LogP contribution >= 0.6 is 0 Å². The molecule has 2 heterocycles. The lowest BCUT2D eigenvalue weighted by atomic mass is 9.88. The molecular formula is C26H29FN6O3. The van der Waals surface area contributed by atoms with Crippen LogP contribution in [0.5, 0.6) is 0 Å². The first-order valence-electron chi connectivity index (χ1n) is 12.1. The highest BCUT2D eigenvalue weighted by molar-refractivity contribution is 6.07. The summed E-state index contributed by atoms with van der Waals surface area (Å²) >= 11 is 0. The van der Waals surface area contributed by atoms with E-state index in [1.165, 1.54) is 12.1 Å². The van der Waals surface area contributed by atoms with Crippen LogP contribution in [0.3, 0.4) is 0 Å². The minimum Gasteiger partial charge on any atom is -0.386 e. The van der Waals surface area contributed by atoms with Crippen LogP contribution in [0.1, 0.15) is 56.7 Å². The second-order valence-corrected chi connectivity index (χ2v) is 10.0. The number of amides is 2. The number of anilines is 2. The first-order valence-corrected chi connectivity index (χ1v) is 12.1. The monoisotopic (exact) mass is 492 g/mol. The van der Waals surface area contributed by atoms with Crippen LogP contribution in [0.15, 0.2) is 53.2 Å². The molecule has 0 saturated heterocycles. The summed E-state index contributed by atoms with van der Waals surface area (Å²) in [6, 6.07) is 5.67. The fraction of sp³-hybridized carbons (Fsp3) is 0.385. The van der Waals surface area contributed by atoms with Gasteiger partial charge < -0.3 is 15.7 Å². The van der Waals surface area contributed by atoms with Gasteiger partial charge in [-0.1, -0.05) is 24.3 Å². The maximum absolute atomic E-state index is 14.6. The van der Waals surface area contributed by atoms with Gasteiger partial charge in [-0.3, -0.25) is 14.7 Å². The predicted octanol–water partition coefficient (Wildman–Crippen LogP) is 3.34. The van der Waals surface area contributed by atoms with Crippen molar-refractivity contribution in [3.8, 4) is 0 Å². The zero-order chi connectivity index (χ0) is 25.4. The number of hydrogen-bond donors (Lipinski definition) is 5. The van der Waals surface area contributed by atoms with Crippen LogP contribution in [0.25, 0.3) is 0 Å². The molecule has 1 aromatic carbocycles. The second-order valence-electron chi connectivity index (χ2n) is 10.0. The van der Waals surface area contributed by atoms with Gasteiger partial charge in [0.15, 0.2) is 0 Å². The molecule has 3 aliphatic rings. The highest BCUT2D eigenvalue weighted by atomic mass is 19.1. The van der Waals surface area contributed by atoms with Crippen molar-refractivity contribution in [1.82, 2.24) is 15.6 Å². The number of halogens is 1. The van der Waals surface area contributed by atoms with E-state index in [0.717, 1.165) is 24.1 Å². The van der Waals surface area contributed by atoms with Crippen LogP contribution in [0, 0.1) is 11.7 Å². The van der Waals surface area contributed by atoms with E-state index in [1.54, 1.807) is 32.1 Å². The molecule has 188 valence electrons. The number of H-pyrrole nitrogens is 1. The van der Waals surface area contributed by atoms with E-state index in [4.69, 9.17) is 0 Å². The molecule has 1 fully saturated rings. The van der Waals surface area contributed by atoms with Crippen LogP contribution in [0.4, 0.5) is 15.9 Å². The van der Waals surface area contributed by atoms with Crippen LogP contribution < -0.4 is 16.1 Å². The number of aliphatic hydroxyl groups is 1. The Bertz CT molecular complexity index is 1280. The highest BCUT2D eigenvalue weighted by Gasteiger charge is 2.29. The molecular weight excluding hydrogens is 463 g/mol. The number of hydrazone groups is 1. The van der Waals surface area contributed by atoms with Crippen molar-refractivity contribution in [1.29, 1.82) is 0 Å². The first-order chi connectivity index (χ1) is 17.2. The van der Waals surface area contributed by atoms with E-state index in [2.05, 4.69) is 31.4 Å². The predicted molar refractivity (Wildman–Crippen MR) is 134 cm³/mol. The average Bonchev–Trinajstić information content (AvgIpc) is 3.60. The minimum atomic E-state index is -0.988. The van der Waals surface area contributed by atoms with Gasteiger partial charge in [0.05, 0.1) is 22.9 Å². The van der Waals surface area contributed by atoms with Gasteiger partial charge in [-0.2, -0.15) is 10.2 Å². The largest absolute Gasteiger partial charge is 0.386 e. The third-order valence-corrected chi connectivity index (χ3v) is 6.65. The van der Waals surface area contributed by atoms with Crippen molar-refractivity contribution in [3.05, 3.63) is 65.1 Å². The molecule has 10 heteroatoms. The summed E-state index contributed by atoms with van der Waals surface area (Å²) in [5.41, 5.74) is 4.49. The number of carbonyl (C=O) groups excluding carboxylic acids is 2. The Morgan fingerprint density at radius 3 is 2.75 bits per heavy atom. The van der Waals surface area contributed by atoms with Gasteiger partial charge in [0.2, 0.25) is 5.91 Å². The maximum Gasteiger partial charge on any atom is 0.262 e. The van der Waals surface area contributed by atoms with Gasteiger partial charge >= 0.3 is 0 Å². The minimum absolute atomic E-state index is 0.0358. The molecule has 0 bridgehead atoms. The number of nitrogens with one attached hydrogen (secondary N) is 4. The molecule has 1 aliphatic heterocycles. The summed E-state index contributed by atoms with van der Waals surface area (Å²) in [6.07, 6.45) is 8.21. The van der Waals surface area contributed by atoms with Crippen LogP contribution in [-0.4, -0.2) is 44.5 Å². The smallest absolute Gasteiger partial charge is 0.262 e. The van der Waals surface area contributed by atoms with Gasteiger partial charge in [-0.15, -0.1) is 0 Å². The van der Waals surface area contributed by atoms with E-state index < -0.39 is 23.4 Å². The molecule has 0 radical (unpaired) electrons. The number of nitrogens with zero attached hydrogens (tertiary/aromatic N) is 2. The number of benzene rings is 1. The third-order valence-electron chi connectivity index (χ3n) is 6.65. The van der Waals surface area contributed by atoms with Crippen LogP contribution in [0.2, 0.25) is 0 Å².